The summed E-state index contributed by atoms with van der Waals surface area (Å²) in [6.07, 6.45) is 0. The highest BCUT2D eigenvalue weighted by atomic mass is 16.5. The summed E-state index contributed by atoms with van der Waals surface area (Å²) in [4.78, 5) is 22.5. The van der Waals surface area contributed by atoms with Crippen LogP contribution in [0.2, 0.25) is 0 Å². The highest BCUT2D eigenvalue weighted by Crippen LogP contribution is 2.22. The molecule has 102 valence electrons. The zero-order valence-corrected chi connectivity index (χ0v) is 10.2. The minimum atomic E-state index is -1.07. The number of carbonyl (C=O) groups is 2. The van der Waals surface area contributed by atoms with Gasteiger partial charge in [-0.15, -0.1) is 0 Å². The molecule has 0 spiro atoms. The van der Waals surface area contributed by atoms with Gasteiger partial charge in [0.15, 0.2) is 0 Å². The van der Waals surface area contributed by atoms with Gasteiger partial charge in [-0.3, -0.25) is 0 Å². The number of ether oxygens (including phenoxy) is 1. The molecule has 20 heavy (non-hydrogen) atoms. The number of aromatic hydroxyl groups is 1. The monoisotopic (exact) mass is 273 g/mol. The zero-order chi connectivity index (χ0) is 14.7. The van der Waals surface area contributed by atoms with Gasteiger partial charge in [-0.1, -0.05) is 0 Å². The summed E-state index contributed by atoms with van der Waals surface area (Å²) in [5.74, 6) is -1.93. The molecular formula is C14H11NO5. The molecule has 0 aliphatic rings. The molecule has 0 aliphatic heterocycles. The minimum Gasteiger partial charge on any atom is -0.507 e. The van der Waals surface area contributed by atoms with Crippen LogP contribution in [0.3, 0.4) is 0 Å². The normalized spacial score (nSPS) is 10.0. The Kier molecular flexibility index (Phi) is 3.56. The Bertz CT molecular complexity index is 664. The van der Waals surface area contributed by atoms with E-state index >= 15 is 0 Å². The minimum absolute atomic E-state index is 0.0264. The van der Waals surface area contributed by atoms with Gasteiger partial charge in [0.05, 0.1) is 5.56 Å². The van der Waals surface area contributed by atoms with Crippen LogP contribution in [-0.4, -0.2) is 22.2 Å². The van der Waals surface area contributed by atoms with E-state index in [1.807, 2.05) is 0 Å². The van der Waals surface area contributed by atoms with Crippen molar-refractivity contribution in [3.63, 3.8) is 0 Å². The number of phenolic OH excluding ortho intramolecular Hbond substituents is 1. The topological polar surface area (TPSA) is 110 Å². The van der Waals surface area contributed by atoms with Gasteiger partial charge in [0, 0.05) is 11.8 Å². The summed E-state index contributed by atoms with van der Waals surface area (Å²) in [6, 6.07) is 9.39. The van der Waals surface area contributed by atoms with Crippen molar-refractivity contribution in [3.8, 4) is 11.5 Å². The lowest BCUT2D eigenvalue weighted by atomic mass is 10.2. The summed E-state index contributed by atoms with van der Waals surface area (Å²) in [7, 11) is 0. The molecule has 0 saturated heterocycles. The largest absolute Gasteiger partial charge is 0.507 e. The molecule has 0 atom stereocenters. The molecule has 0 amide bonds. The molecule has 0 fully saturated rings. The second-order valence-corrected chi connectivity index (χ2v) is 4.00. The molecule has 0 unspecified atom stereocenters. The summed E-state index contributed by atoms with van der Waals surface area (Å²) in [5, 5.41) is 18.3. The molecule has 2 aromatic carbocycles. The van der Waals surface area contributed by atoms with Crippen LogP contribution < -0.4 is 10.5 Å². The van der Waals surface area contributed by atoms with Crippen LogP contribution >= 0.6 is 0 Å². The Morgan fingerprint density at radius 2 is 1.70 bits per heavy atom. The van der Waals surface area contributed by atoms with Crippen LogP contribution in [0.1, 0.15) is 20.7 Å². The lowest BCUT2D eigenvalue weighted by Gasteiger charge is -2.06. The van der Waals surface area contributed by atoms with Gasteiger partial charge in [0.2, 0.25) is 0 Å². The number of aromatic carboxylic acids is 1. The molecule has 0 aliphatic carbocycles. The molecule has 6 nitrogen and oxygen atoms in total. The molecule has 2 rings (SSSR count). The van der Waals surface area contributed by atoms with Crippen molar-refractivity contribution in [2.75, 3.05) is 5.73 Å². The molecule has 0 radical (unpaired) electrons. The third-order valence-electron chi connectivity index (χ3n) is 2.55. The number of esters is 1. The molecule has 2 aromatic rings. The van der Waals surface area contributed by atoms with E-state index in [0.29, 0.717) is 5.69 Å². The van der Waals surface area contributed by atoms with Crippen LogP contribution in [0.15, 0.2) is 42.5 Å². The summed E-state index contributed by atoms with van der Waals surface area (Å²) in [5.41, 5.74) is 5.84. The Morgan fingerprint density at radius 1 is 1.05 bits per heavy atom. The van der Waals surface area contributed by atoms with Crippen LogP contribution in [-0.2, 0) is 0 Å². The first kappa shape index (κ1) is 13.4. The average Bonchev–Trinajstić information content (AvgIpc) is 2.39. The molecule has 0 saturated carbocycles. The number of nitrogens with two attached hydrogens (primary N) is 1. The maximum Gasteiger partial charge on any atom is 0.347 e. The first-order chi connectivity index (χ1) is 9.47. The third kappa shape index (κ3) is 2.86. The van der Waals surface area contributed by atoms with E-state index in [1.54, 1.807) is 0 Å². The van der Waals surface area contributed by atoms with Gasteiger partial charge in [0.25, 0.3) is 0 Å². The summed E-state index contributed by atoms with van der Waals surface area (Å²) >= 11 is 0. The van der Waals surface area contributed by atoms with E-state index in [4.69, 9.17) is 15.6 Å². The number of carboxylic acids is 1. The third-order valence-corrected chi connectivity index (χ3v) is 2.55. The maximum absolute atomic E-state index is 11.8. The molecule has 4 N–H and O–H groups in total. The smallest absolute Gasteiger partial charge is 0.347 e. The standard InChI is InChI=1S/C14H11NO5/c15-9-3-6-11(12(16)7-9)14(19)20-10-4-1-8(2-5-10)13(17)18/h1-7,16H,15H2,(H,17,18). The molecule has 0 heterocycles. The molecular weight excluding hydrogens is 262 g/mol. The van der Waals surface area contributed by atoms with Gasteiger partial charge in [-0.05, 0) is 36.4 Å². The number of hydrogen-bond acceptors (Lipinski definition) is 5. The Labute approximate surface area is 114 Å². The number of hydrogen-bond donors (Lipinski definition) is 3. The van der Waals surface area contributed by atoms with Gasteiger partial charge >= 0.3 is 11.9 Å². The first-order valence-corrected chi connectivity index (χ1v) is 5.61. The van der Waals surface area contributed by atoms with Crippen molar-refractivity contribution in [2.45, 2.75) is 0 Å². The van der Waals surface area contributed by atoms with Crippen molar-refractivity contribution >= 4 is 17.6 Å². The zero-order valence-electron chi connectivity index (χ0n) is 10.2. The first-order valence-electron chi connectivity index (χ1n) is 5.61. The average molecular weight is 273 g/mol. The van der Waals surface area contributed by atoms with E-state index in [2.05, 4.69) is 0 Å². The van der Waals surface area contributed by atoms with E-state index < -0.39 is 11.9 Å². The van der Waals surface area contributed by atoms with E-state index in [-0.39, 0.29) is 22.6 Å². The quantitative estimate of drug-likeness (QED) is 0.447. The second kappa shape index (κ2) is 5.31. The number of carboxylic acid groups (broad SMARTS) is 1. The number of carbonyl (C=O) groups excluding carboxylic acids is 1. The van der Waals surface area contributed by atoms with E-state index in [1.165, 1.54) is 42.5 Å². The molecule has 6 heteroatoms. The molecule has 0 bridgehead atoms. The number of phenols is 1. The van der Waals surface area contributed by atoms with Crippen LogP contribution in [0.5, 0.6) is 11.5 Å². The van der Waals surface area contributed by atoms with Crippen molar-refractivity contribution in [1.29, 1.82) is 0 Å². The predicted octanol–water partition coefficient (Wildman–Crippen LogP) is 1.89. The van der Waals surface area contributed by atoms with Crippen LogP contribution in [0.4, 0.5) is 5.69 Å². The number of nitrogen functional groups attached to an aromatic ring is 1. The Morgan fingerprint density at radius 3 is 2.25 bits per heavy atom. The van der Waals surface area contributed by atoms with Crippen LogP contribution in [0.25, 0.3) is 0 Å². The summed E-state index contributed by atoms with van der Waals surface area (Å²) in [6.45, 7) is 0. The van der Waals surface area contributed by atoms with Gasteiger partial charge in [0.1, 0.15) is 17.1 Å². The fourth-order valence-electron chi connectivity index (χ4n) is 1.55. The van der Waals surface area contributed by atoms with Gasteiger partial charge < -0.3 is 20.7 Å². The summed E-state index contributed by atoms with van der Waals surface area (Å²) < 4.78 is 5.02. The van der Waals surface area contributed by atoms with Gasteiger partial charge in [-0.2, -0.15) is 0 Å². The van der Waals surface area contributed by atoms with Gasteiger partial charge in [-0.25, -0.2) is 9.59 Å². The maximum atomic E-state index is 11.8. The fourth-order valence-corrected chi connectivity index (χ4v) is 1.55. The number of anilines is 1. The lowest BCUT2D eigenvalue weighted by molar-refractivity contribution is 0.0696. The SMILES string of the molecule is Nc1ccc(C(=O)Oc2ccc(C(=O)O)cc2)c(O)c1. The second-order valence-electron chi connectivity index (χ2n) is 4.00. The lowest BCUT2D eigenvalue weighted by Crippen LogP contribution is -2.09. The van der Waals surface area contributed by atoms with Crippen LogP contribution in [0, 0.1) is 0 Å². The highest BCUT2D eigenvalue weighted by Gasteiger charge is 2.14. The van der Waals surface area contributed by atoms with Crippen molar-refractivity contribution in [2.24, 2.45) is 0 Å². The molecule has 0 aromatic heterocycles. The Balaban J connectivity index is 2.17. The Hall–Kier alpha value is -3.02. The van der Waals surface area contributed by atoms with Crippen molar-refractivity contribution in [3.05, 3.63) is 53.6 Å². The number of benzene rings is 2. The van der Waals surface area contributed by atoms with Crippen molar-refractivity contribution in [1.82, 2.24) is 0 Å². The van der Waals surface area contributed by atoms with E-state index in [0.717, 1.165) is 0 Å². The predicted molar refractivity (Wildman–Crippen MR) is 70.9 cm³/mol. The highest BCUT2D eigenvalue weighted by molar-refractivity contribution is 5.94. The van der Waals surface area contributed by atoms with E-state index in [9.17, 15) is 14.7 Å². The van der Waals surface area contributed by atoms with Crippen molar-refractivity contribution < 1.29 is 24.5 Å². The fraction of sp³-hybridized carbons (Fsp3) is 0. The number of rotatable bonds is 3.